The maximum atomic E-state index is 11.7. The minimum Gasteiger partial charge on any atom is -0.487 e. The molecule has 0 spiro atoms. The summed E-state index contributed by atoms with van der Waals surface area (Å²) >= 11 is 0. The van der Waals surface area contributed by atoms with Crippen molar-refractivity contribution in [2.45, 2.75) is 37.2 Å². The monoisotopic (exact) mass is 373 g/mol. The molecule has 1 atom stereocenters. The van der Waals surface area contributed by atoms with E-state index in [1.54, 1.807) is 24.3 Å². The third-order valence-electron chi connectivity index (χ3n) is 4.43. The van der Waals surface area contributed by atoms with Crippen LogP contribution in [0.15, 0.2) is 47.4 Å². The Morgan fingerprint density at radius 2 is 1.92 bits per heavy atom. The molecule has 2 aromatic rings. The van der Waals surface area contributed by atoms with Gasteiger partial charge in [0.15, 0.2) is 9.84 Å². The zero-order valence-electron chi connectivity index (χ0n) is 15.0. The second kappa shape index (κ2) is 7.50. The molecule has 0 fully saturated rings. The minimum absolute atomic E-state index is 0.0450. The molecule has 0 saturated carbocycles. The highest BCUT2D eigenvalue weighted by Crippen LogP contribution is 2.38. The Morgan fingerprint density at radius 1 is 1.19 bits per heavy atom. The van der Waals surface area contributed by atoms with Crippen LogP contribution < -0.4 is 10.1 Å². The first-order valence-electron chi connectivity index (χ1n) is 8.74. The van der Waals surface area contributed by atoms with E-state index < -0.39 is 9.84 Å². The maximum Gasteiger partial charge on any atom is 0.220 e. The minimum atomic E-state index is -3.21. The van der Waals surface area contributed by atoms with Crippen molar-refractivity contribution >= 4 is 15.7 Å². The van der Waals surface area contributed by atoms with Crippen LogP contribution in [0.1, 0.15) is 25.3 Å². The molecule has 2 aromatic carbocycles. The number of sulfone groups is 1. The molecule has 138 valence electrons. The Hall–Kier alpha value is -2.34. The van der Waals surface area contributed by atoms with Gasteiger partial charge in [0.25, 0.3) is 0 Å². The first-order valence-corrected chi connectivity index (χ1v) is 10.6. The van der Waals surface area contributed by atoms with E-state index in [0.717, 1.165) is 35.3 Å². The topological polar surface area (TPSA) is 72.5 Å². The van der Waals surface area contributed by atoms with Crippen LogP contribution in [0.2, 0.25) is 0 Å². The molecular formula is C20H23NO4S. The maximum absolute atomic E-state index is 11.7. The SMILES string of the molecule is CCCC(=O)NCC1Cc2cccc(-c3ccc(S(C)(=O)=O)cc3)c2O1. The summed E-state index contributed by atoms with van der Waals surface area (Å²) in [7, 11) is -3.21. The molecule has 0 bridgehead atoms. The molecule has 1 aliphatic rings. The zero-order valence-corrected chi connectivity index (χ0v) is 15.8. The van der Waals surface area contributed by atoms with E-state index in [4.69, 9.17) is 4.74 Å². The number of carbonyl (C=O) groups is 1. The molecule has 1 N–H and O–H groups in total. The molecule has 1 amide bonds. The molecule has 6 heteroatoms. The van der Waals surface area contributed by atoms with E-state index in [9.17, 15) is 13.2 Å². The van der Waals surface area contributed by atoms with Crippen molar-refractivity contribution < 1.29 is 17.9 Å². The predicted octanol–water partition coefficient (Wildman–Crippen LogP) is 2.98. The third-order valence-corrected chi connectivity index (χ3v) is 5.55. The summed E-state index contributed by atoms with van der Waals surface area (Å²) in [6.45, 7) is 2.46. The number of hydrogen-bond donors (Lipinski definition) is 1. The molecule has 1 aliphatic heterocycles. The summed E-state index contributed by atoms with van der Waals surface area (Å²) in [6.07, 6.45) is 3.21. The van der Waals surface area contributed by atoms with Crippen LogP contribution >= 0.6 is 0 Å². The van der Waals surface area contributed by atoms with Gasteiger partial charge in [-0.15, -0.1) is 0 Å². The molecule has 0 aliphatic carbocycles. The Bertz CT molecular complexity index is 904. The molecular weight excluding hydrogens is 350 g/mol. The smallest absolute Gasteiger partial charge is 0.220 e. The second-order valence-corrected chi connectivity index (χ2v) is 8.60. The van der Waals surface area contributed by atoms with Gasteiger partial charge in [-0.2, -0.15) is 0 Å². The third kappa shape index (κ3) is 4.07. The Labute approximate surface area is 154 Å². The van der Waals surface area contributed by atoms with E-state index in [1.807, 2.05) is 25.1 Å². The largest absolute Gasteiger partial charge is 0.487 e. The van der Waals surface area contributed by atoms with E-state index in [-0.39, 0.29) is 12.0 Å². The van der Waals surface area contributed by atoms with E-state index >= 15 is 0 Å². The number of para-hydroxylation sites is 1. The Kier molecular flexibility index (Phi) is 5.32. The fourth-order valence-corrected chi connectivity index (χ4v) is 3.73. The van der Waals surface area contributed by atoms with E-state index in [0.29, 0.717) is 17.9 Å². The van der Waals surface area contributed by atoms with Gasteiger partial charge >= 0.3 is 0 Å². The quantitative estimate of drug-likeness (QED) is 0.845. The summed E-state index contributed by atoms with van der Waals surface area (Å²) < 4.78 is 29.3. The normalized spacial score (nSPS) is 16.0. The second-order valence-electron chi connectivity index (χ2n) is 6.59. The zero-order chi connectivity index (χ0) is 18.7. The van der Waals surface area contributed by atoms with Crippen LogP contribution in [0.25, 0.3) is 11.1 Å². The number of carbonyl (C=O) groups excluding carboxylic acids is 1. The lowest BCUT2D eigenvalue weighted by Crippen LogP contribution is -2.34. The highest BCUT2D eigenvalue weighted by Gasteiger charge is 2.26. The molecule has 5 nitrogen and oxygen atoms in total. The molecule has 26 heavy (non-hydrogen) atoms. The van der Waals surface area contributed by atoms with Crippen molar-refractivity contribution in [2.75, 3.05) is 12.8 Å². The fourth-order valence-electron chi connectivity index (χ4n) is 3.10. The number of nitrogens with one attached hydrogen (secondary N) is 1. The van der Waals surface area contributed by atoms with Crippen LogP contribution in [0.4, 0.5) is 0 Å². The molecule has 1 unspecified atom stereocenters. The Morgan fingerprint density at radius 3 is 2.58 bits per heavy atom. The first kappa shape index (κ1) is 18.5. The summed E-state index contributed by atoms with van der Waals surface area (Å²) in [5.74, 6) is 0.859. The lowest BCUT2D eigenvalue weighted by atomic mass is 10.0. The lowest BCUT2D eigenvalue weighted by Gasteiger charge is -2.13. The number of fused-ring (bicyclic) bond motifs is 1. The van der Waals surface area contributed by atoms with Crippen LogP contribution in [0, 0.1) is 0 Å². The van der Waals surface area contributed by atoms with Crippen molar-refractivity contribution in [2.24, 2.45) is 0 Å². The highest BCUT2D eigenvalue weighted by atomic mass is 32.2. The summed E-state index contributed by atoms with van der Waals surface area (Å²) in [5, 5.41) is 2.91. The predicted molar refractivity (Wildman–Crippen MR) is 101 cm³/mol. The molecule has 0 radical (unpaired) electrons. The Balaban J connectivity index is 1.77. The number of amides is 1. The van der Waals surface area contributed by atoms with Gasteiger partial charge < -0.3 is 10.1 Å². The van der Waals surface area contributed by atoms with Gasteiger partial charge in [-0.1, -0.05) is 37.3 Å². The van der Waals surface area contributed by atoms with Crippen LogP contribution in [0.3, 0.4) is 0 Å². The van der Waals surface area contributed by atoms with Gasteiger partial charge in [-0.3, -0.25) is 4.79 Å². The summed E-state index contributed by atoms with van der Waals surface area (Å²) in [4.78, 5) is 12.0. The summed E-state index contributed by atoms with van der Waals surface area (Å²) in [5.41, 5.74) is 2.94. The lowest BCUT2D eigenvalue weighted by molar-refractivity contribution is -0.121. The average molecular weight is 373 g/mol. The van der Waals surface area contributed by atoms with Gasteiger partial charge in [-0.05, 0) is 29.7 Å². The molecule has 0 saturated heterocycles. The highest BCUT2D eigenvalue weighted by molar-refractivity contribution is 7.90. The number of hydrogen-bond acceptors (Lipinski definition) is 4. The van der Waals surface area contributed by atoms with Crippen molar-refractivity contribution in [1.82, 2.24) is 5.32 Å². The number of ether oxygens (including phenoxy) is 1. The van der Waals surface area contributed by atoms with Gasteiger partial charge in [0.1, 0.15) is 11.9 Å². The van der Waals surface area contributed by atoms with E-state index in [1.165, 1.54) is 6.26 Å². The molecule has 3 rings (SSSR count). The standard InChI is InChI=1S/C20H23NO4S/c1-3-5-19(22)21-13-16-12-15-6-4-7-18(20(15)25-16)14-8-10-17(11-9-14)26(2,23)24/h4,6-11,16H,3,5,12-13H2,1-2H3,(H,21,22). The van der Waals surface area contributed by atoms with Crippen LogP contribution in [0.5, 0.6) is 5.75 Å². The first-order chi connectivity index (χ1) is 12.4. The summed E-state index contributed by atoms with van der Waals surface area (Å²) in [6, 6.07) is 12.8. The molecule has 1 heterocycles. The van der Waals surface area contributed by atoms with Crippen LogP contribution in [-0.2, 0) is 21.1 Å². The number of rotatable bonds is 6. The van der Waals surface area contributed by atoms with Gasteiger partial charge in [0, 0.05) is 24.7 Å². The average Bonchev–Trinajstić information content (AvgIpc) is 3.02. The van der Waals surface area contributed by atoms with Crippen LogP contribution in [-0.4, -0.2) is 33.2 Å². The van der Waals surface area contributed by atoms with E-state index in [2.05, 4.69) is 5.32 Å². The van der Waals surface area contributed by atoms with Crippen molar-refractivity contribution in [1.29, 1.82) is 0 Å². The van der Waals surface area contributed by atoms with Crippen molar-refractivity contribution in [3.63, 3.8) is 0 Å². The molecule has 0 aromatic heterocycles. The van der Waals surface area contributed by atoms with Crippen molar-refractivity contribution in [3.05, 3.63) is 48.0 Å². The van der Waals surface area contributed by atoms with Crippen molar-refractivity contribution in [3.8, 4) is 16.9 Å². The van der Waals surface area contributed by atoms with Gasteiger partial charge in [-0.25, -0.2) is 8.42 Å². The van der Waals surface area contributed by atoms with Gasteiger partial charge in [0.2, 0.25) is 5.91 Å². The fraction of sp³-hybridized carbons (Fsp3) is 0.350. The number of benzene rings is 2. The van der Waals surface area contributed by atoms with Gasteiger partial charge in [0.05, 0.1) is 11.4 Å².